The Morgan fingerprint density at radius 3 is 2.41 bits per heavy atom. The van der Waals surface area contributed by atoms with Gasteiger partial charge in [0, 0.05) is 31.9 Å². The highest BCUT2D eigenvalue weighted by molar-refractivity contribution is 6.35. The third-order valence-electron chi connectivity index (χ3n) is 4.74. The SMILES string of the molecule is Cc1ccc(NC(=O)CC(=O)NN=Cc2cc(Cl)ccc2OCc2ccc(Cl)cc2Cl)c(C)c1. The number of carbonyl (C=O) groups excluding carboxylic acids is 2. The summed E-state index contributed by atoms with van der Waals surface area (Å²) in [5.41, 5.74) is 6.30. The average Bonchev–Trinajstić information content (AvgIpc) is 2.76. The van der Waals surface area contributed by atoms with Gasteiger partial charge in [-0.1, -0.05) is 58.6 Å². The number of rotatable bonds is 8. The van der Waals surface area contributed by atoms with E-state index < -0.39 is 11.8 Å². The van der Waals surface area contributed by atoms with Crippen molar-refractivity contribution >= 4 is 58.5 Å². The lowest BCUT2D eigenvalue weighted by Crippen LogP contribution is -2.24. The molecule has 9 heteroatoms. The molecule has 0 aromatic heterocycles. The van der Waals surface area contributed by atoms with Gasteiger partial charge in [-0.05, 0) is 55.8 Å². The molecule has 0 aliphatic heterocycles. The number of hydrogen-bond donors (Lipinski definition) is 2. The molecule has 0 aliphatic carbocycles. The van der Waals surface area contributed by atoms with Crippen molar-refractivity contribution in [3.8, 4) is 5.75 Å². The van der Waals surface area contributed by atoms with Gasteiger partial charge >= 0.3 is 0 Å². The molecular formula is C25H22Cl3N3O3. The van der Waals surface area contributed by atoms with E-state index in [-0.39, 0.29) is 13.0 Å². The maximum atomic E-state index is 12.2. The number of carbonyl (C=O) groups is 2. The lowest BCUT2D eigenvalue weighted by atomic mass is 10.1. The van der Waals surface area contributed by atoms with Gasteiger partial charge < -0.3 is 10.1 Å². The lowest BCUT2D eigenvalue weighted by Gasteiger charge is -2.11. The van der Waals surface area contributed by atoms with Gasteiger partial charge in [0.15, 0.2) is 0 Å². The van der Waals surface area contributed by atoms with Crippen molar-refractivity contribution in [3.05, 3.63) is 91.9 Å². The molecule has 0 bridgehead atoms. The van der Waals surface area contributed by atoms with Crippen LogP contribution in [-0.4, -0.2) is 18.0 Å². The van der Waals surface area contributed by atoms with E-state index in [1.807, 2.05) is 26.0 Å². The average molecular weight is 519 g/mol. The number of benzene rings is 3. The number of halogens is 3. The van der Waals surface area contributed by atoms with Crippen LogP contribution in [0.25, 0.3) is 0 Å². The van der Waals surface area contributed by atoms with Crippen molar-refractivity contribution in [3.63, 3.8) is 0 Å². The van der Waals surface area contributed by atoms with E-state index in [0.717, 1.165) is 16.7 Å². The van der Waals surface area contributed by atoms with Gasteiger partial charge in [-0.2, -0.15) is 5.10 Å². The Balaban J connectivity index is 1.58. The number of ether oxygens (including phenoxy) is 1. The number of aryl methyl sites for hydroxylation is 2. The summed E-state index contributed by atoms with van der Waals surface area (Å²) in [7, 11) is 0. The van der Waals surface area contributed by atoms with Gasteiger partial charge in [-0.15, -0.1) is 0 Å². The van der Waals surface area contributed by atoms with Crippen molar-refractivity contribution < 1.29 is 14.3 Å². The van der Waals surface area contributed by atoms with Gasteiger partial charge in [0.25, 0.3) is 0 Å². The van der Waals surface area contributed by atoms with Crippen molar-refractivity contribution in [2.75, 3.05) is 5.32 Å². The molecule has 0 atom stereocenters. The number of anilines is 1. The topological polar surface area (TPSA) is 79.8 Å². The third-order valence-corrected chi connectivity index (χ3v) is 5.56. The first-order valence-corrected chi connectivity index (χ1v) is 11.4. The smallest absolute Gasteiger partial charge is 0.249 e. The Bertz CT molecular complexity index is 1250. The molecule has 3 aromatic carbocycles. The fourth-order valence-corrected chi connectivity index (χ4v) is 3.70. The monoisotopic (exact) mass is 517 g/mol. The fourth-order valence-electron chi connectivity index (χ4n) is 3.05. The second-order valence-corrected chi connectivity index (χ2v) is 8.82. The highest BCUT2D eigenvalue weighted by Crippen LogP contribution is 2.25. The molecule has 0 saturated heterocycles. The van der Waals surface area contributed by atoms with Gasteiger partial charge in [0.2, 0.25) is 11.8 Å². The predicted molar refractivity (Wildman–Crippen MR) is 137 cm³/mol. The van der Waals surface area contributed by atoms with Crippen molar-refractivity contribution in [2.24, 2.45) is 5.10 Å². The molecule has 0 spiro atoms. The molecule has 3 rings (SSSR count). The van der Waals surface area contributed by atoms with E-state index in [1.165, 1.54) is 6.21 Å². The summed E-state index contributed by atoms with van der Waals surface area (Å²) in [6, 6.07) is 15.8. The first-order valence-electron chi connectivity index (χ1n) is 10.3. The van der Waals surface area contributed by atoms with Crippen LogP contribution in [0.5, 0.6) is 5.75 Å². The van der Waals surface area contributed by atoms with Gasteiger partial charge in [-0.25, -0.2) is 5.43 Å². The molecule has 176 valence electrons. The quantitative estimate of drug-likeness (QED) is 0.208. The zero-order valence-electron chi connectivity index (χ0n) is 18.5. The summed E-state index contributed by atoms with van der Waals surface area (Å²) in [6.07, 6.45) is 1.02. The molecule has 0 saturated carbocycles. The maximum Gasteiger partial charge on any atom is 0.249 e. The van der Waals surface area contributed by atoms with Crippen LogP contribution in [0, 0.1) is 13.8 Å². The predicted octanol–water partition coefficient (Wildman–Crippen LogP) is 6.32. The van der Waals surface area contributed by atoms with Gasteiger partial charge in [-0.3, -0.25) is 9.59 Å². The Morgan fingerprint density at radius 2 is 1.68 bits per heavy atom. The van der Waals surface area contributed by atoms with Crippen LogP contribution < -0.4 is 15.5 Å². The van der Waals surface area contributed by atoms with Crippen molar-refractivity contribution in [2.45, 2.75) is 26.9 Å². The second kappa shape index (κ2) is 11.9. The summed E-state index contributed by atoms with van der Waals surface area (Å²) in [5, 5.41) is 8.15. The standard InChI is InChI=1S/C25H22Cl3N3O3/c1-15-3-7-22(16(2)9-15)30-24(32)12-25(33)31-29-13-18-10-19(26)6-8-23(18)34-14-17-4-5-20(27)11-21(17)28/h3-11,13H,12,14H2,1-2H3,(H,30,32)(H,31,33). The molecule has 0 fully saturated rings. The zero-order chi connectivity index (χ0) is 24.7. The number of hydrogen-bond acceptors (Lipinski definition) is 4. The van der Waals surface area contributed by atoms with Gasteiger partial charge in [0.05, 0.1) is 6.21 Å². The van der Waals surface area contributed by atoms with Gasteiger partial charge in [0.1, 0.15) is 18.8 Å². The second-order valence-electron chi connectivity index (χ2n) is 7.54. The fraction of sp³-hybridized carbons (Fsp3) is 0.160. The van der Waals surface area contributed by atoms with Crippen LogP contribution in [0.4, 0.5) is 5.69 Å². The summed E-state index contributed by atoms with van der Waals surface area (Å²) in [6.45, 7) is 4.05. The van der Waals surface area contributed by atoms with Crippen molar-refractivity contribution in [1.29, 1.82) is 0 Å². The van der Waals surface area contributed by atoms with Crippen LogP contribution >= 0.6 is 34.8 Å². The minimum Gasteiger partial charge on any atom is -0.488 e. The number of hydrazone groups is 1. The Hall–Kier alpha value is -3.06. The zero-order valence-corrected chi connectivity index (χ0v) is 20.8. The van der Waals surface area contributed by atoms with Crippen LogP contribution in [0.2, 0.25) is 15.1 Å². The molecule has 2 amide bonds. The van der Waals surface area contributed by atoms with Crippen LogP contribution in [0.3, 0.4) is 0 Å². The summed E-state index contributed by atoms with van der Waals surface area (Å²) in [5.74, 6) is -0.511. The molecule has 0 radical (unpaired) electrons. The molecule has 34 heavy (non-hydrogen) atoms. The third kappa shape index (κ3) is 7.48. The van der Waals surface area contributed by atoms with Crippen LogP contribution in [0.15, 0.2) is 59.7 Å². The molecule has 2 N–H and O–H groups in total. The van der Waals surface area contributed by atoms with Crippen molar-refractivity contribution in [1.82, 2.24) is 5.43 Å². The van der Waals surface area contributed by atoms with Crippen LogP contribution in [0.1, 0.15) is 28.7 Å². The van der Waals surface area contributed by atoms with Crippen LogP contribution in [-0.2, 0) is 16.2 Å². The van der Waals surface area contributed by atoms with E-state index in [1.54, 1.807) is 42.5 Å². The minimum absolute atomic E-state index is 0.198. The highest BCUT2D eigenvalue weighted by Gasteiger charge is 2.11. The summed E-state index contributed by atoms with van der Waals surface area (Å²) < 4.78 is 5.85. The molecule has 0 heterocycles. The van der Waals surface area contributed by atoms with E-state index in [2.05, 4.69) is 15.8 Å². The molecule has 3 aromatic rings. The lowest BCUT2D eigenvalue weighted by molar-refractivity contribution is -0.126. The number of nitrogens with one attached hydrogen (secondary N) is 2. The number of nitrogens with zero attached hydrogens (tertiary/aromatic N) is 1. The Labute approximate surface area is 212 Å². The molecule has 6 nitrogen and oxygen atoms in total. The first-order chi connectivity index (χ1) is 16.2. The van der Waals surface area contributed by atoms with E-state index in [9.17, 15) is 9.59 Å². The van der Waals surface area contributed by atoms with E-state index >= 15 is 0 Å². The number of amides is 2. The highest BCUT2D eigenvalue weighted by atomic mass is 35.5. The first kappa shape index (κ1) is 25.6. The summed E-state index contributed by atoms with van der Waals surface area (Å²) in [4.78, 5) is 24.3. The Morgan fingerprint density at radius 1 is 0.941 bits per heavy atom. The molecule has 0 unspecified atom stereocenters. The van der Waals surface area contributed by atoms with E-state index in [4.69, 9.17) is 39.5 Å². The Kier molecular flexibility index (Phi) is 8.93. The normalized spacial score (nSPS) is 10.9. The summed E-state index contributed by atoms with van der Waals surface area (Å²) >= 11 is 18.2. The van der Waals surface area contributed by atoms with E-state index in [0.29, 0.717) is 32.1 Å². The largest absolute Gasteiger partial charge is 0.488 e. The minimum atomic E-state index is -0.559. The molecular weight excluding hydrogens is 497 g/mol. The maximum absolute atomic E-state index is 12.2. The molecule has 0 aliphatic rings.